The van der Waals surface area contributed by atoms with E-state index in [1.807, 2.05) is 0 Å². The average Bonchev–Trinajstić information content (AvgIpc) is 2.40. The van der Waals surface area contributed by atoms with Gasteiger partial charge in [-0.2, -0.15) is 0 Å². The minimum absolute atomic E-state index is 0.475. The zero-order valence-corrected chi connectivity index (χ0v) is 13.8. The lowest BCUT2D eigenvalue weighted by Gasteiger charge is -2.39. The molecule has 0 unspecified atom stereocenters. The standard InChI is InChI=1S/C15H29NO3S/c1-12-4-5-14(10-13(12)2)16-11-15(20(3,17)18)6-8-19-9-7-15/h12-14,16H,4-11H2,1-3H3/t12-,13-,14+/m1/s1. The summed E-state index contributed by atoms with van der Waals surface area (Å²) >= 11 is 0. The molecule has 3 atom stereocenters. The van der Waals surface area contributed by atoms with Gasteiger partial charge in [-0.1, -0.05) is 13.8 Å². The summed E-state index contributed by atoms with van der Waals surface area (Å²) in [5.74, 6) is 1.52. The van der Waals surface area contributed by atoms with Crippen molar-refractivity contribution in [2.45, 2.75) is 56.7 Å². The predicted molar refractivity (Wildman–Crippen MR) is 81.6 cm³/mol. The van der Waals surface area contributed by atoms with Crippen LogP contribution in [0.1, 0.15) is 46.0 Å². The van der Waals surface area contributed by atoms with Crippen LogP contribution in [0.3, 0.4) is 0 Å². The van der Waals surface area contributed by atoms with Crippen LogP contribution in [-0.4, -0.2) is 45.2 Å². The highest BCUT2D eigenvalue weighted by Crippen LogP contribution is 2.32. The Balaban J connectivity index is 1.96. The molecule has 1 saturated carbocycles. The maximum atomic E-state index is 12.2. The molecule has 20 heavy (non-hydrogen) atoms. The molecule has 0 radical (unpaired) electrons. The largest absolute Gasteiger partial charge is 0.381 e. The van der Waals surface area contributed by atoms with Crippen molar-refractivity contribution < 1.29 is 13.2 Å². The van der Waals surface area contributed by atoms with Gasteiger partial charge in [0.1, 0.15) is 0 Å². The number of nitrogens with one attached hydrogen (secondary N) is 1. The SMILES string of the molecule is C[C@@H]1CC[C@H](NCC2(S(C)(=O)=O)CCOCC2)C[C@H]1C. The molecule has 0 aromatic carbocycles. The summed E-state index contributed by atoms with van der Waals surface area (Å²) in [6.07, 6.45) is 6.20. The smallest absolute Gasteiger partial charge is 0.154 e. The first kappa shape index (κ1) is 16.2. The van der Waals surface area contributed by atoms with Crippen molar-refractivity contribution in [2.75, 3.05) is 26.0 Å². The van der Waals surface area contributed by atoms with Crippen LogP contribution in [0.5, 0.6) is 0 Å². The van der Waals surface area contributed by atoms with E-state index in [1.54, 1.807) is 0 Å². The van der Waals surface area contributed by atoms with E-state index in [4.69, 9.17) is 4.74 Å². The Labute approximate surface area is 123 Å². The lowest BCUT2D eigenvalue weighted by Crippen LogP contribution is -2.53. The van der Waals surface area contributed by atoms with Crippen LogP contribution in [0.4, 0.5) is 0 Å². The molecule has 1 saturated heterocycles. The van der Waals surface area contributed by atoms with Crippen molar-refractivity contribution in [3.8, 4) is 0 Å². The molecular weight excluding hydrogens is 274 g/mol. The second kappa shape index (κ2) is 6.32. The van der Waals surface area contributed by atoms with Gasteiger partial charge < -0.3 is 10.1 Å². The van der Waals surface area contributed by atoms with E-state index in [-0.39, 0.29) is 0 Å². The highest BCUT2D eigenvalue weighted by Gasteiger charge is 2.42. The number of hydrogen-bond donors (Lipinski definition) is 1. The van der Waals surface area contributed by atoms with Crippen LogP contribution in [0.2, 0.25) is 0 Å². The Hall–Kier alpha value is -0.130. The summed E-state index contributed by atoms with van der Waals surface area (Å²) in [7, 11) is -3.06. The maximum absolute atomic E-state index is 12.2. The van der Waals surface area contributed by atoms with Gasteiger partial charge in [-0.05, 0) is 43.9 Å². The molecule has 0 aromatic rings. The number of hydrogen-bond acceptors (Lipinski definition) is 4. The molecular formula is C15H29NO3S. The quantitative estimate of drug-likeness (QED) is 0.863. The first-order chi connectivity index (χ1) is 9.34. The highest BCUT2D eigenvalue weighted by molar-refractivity contribution is 7.92. The van der Waals surface area contributed by atoms with Crippen LogP contribution >= 0.6 is 0 Å². The second-order valence-electron chi connectivity index (χ2n) is 6.91. The van der Waals surface area contributed by atoms with Crippen molar-refractivity contribution in [3.63, 3.8) is 0 Å². The minimum atomic E-state index is -3.06. The van der Waals surface area contributed by atoms with Crippen molar-refractivity contribution in [1.29, 1.82) is 0 Å². The fourth-order valence-electron chi connectivity index (χ4n) is 3.49. The summed E-state index contributed by atoms with van der Waals surface area (Å²) in [5, 5.41) is 3.55. The summed E-state index contributed by atoms with van der Waals surface area (Å²) in [6.45, 7) is 6.33. The maximum Gasteiger partial charge on any atom is 0.154 e. The molecule has 118 valence electrons. The third kappa shape index (κ3) is 3.55. The molecule has 1 heterocycles. The Morgan fingerprint density at radius 2 is 1.80 bits per heavy atom. The van der Waals surface area contributed by atoms with Gasteiger partial charge in [-0.15, -0.1) is 0 Å². The van der Waals surface area contributed by atoms with Crippen LogP contribution < -0.4 is 5.32 Å². The van der Waals surface area contributed by atoms with Gasteiger partial charge in [0.25, 0.3) is 0 Å². The second-order valence-corrected chi connectivity index (χ2v) is 9.32. The molecule has 2 aliphatic rings. The predicted octanol–water partition coefficient (Wildman–Crippen LogP) is 1.99. The Kier molecular flexibility index (Phi) is 5.14. The number of sulfone groups is 1. The van der Waals surface area contributed by atoms with Crippen LogP contribution in [-0.2, 0) is 14.6 Å². The monoisotopic (exact) mass is 303 g/mol. The lowest BCUT2D eigenvalue weighted by atomic mass is 9.79. The van der Waals surface area contributed by atoms with Crippen molar-refractivity contribution in [3.05, 3.63) is 0 Å². The lowest BCUT2D eigenvalue weighted by molar-refractivity contribution is 0.0726. The molecule has 1 aliphatic carbocycles. The van der Waals surface area contributed by atoms with E-state index >= 15 is 0 Å². The molecule has 0 spiro atoms. The van der Waals surface area contributed by atoms with Crippen molar-refractivity contribution >= 4 is 9.84 Å². The van der Waals surface area contributed by atoms with E-state index in [0.717, 1.165) is 18.3 Å². The van der Waals surface area contributed by atoms with Crippen LogP contribution in [0.25, 0.3) is 0 Å². The fourth-order valence-corrected chi connectivity index (χ4v) is 4.74. The first-order valence-electron chi connectivity index (χ1n) is 7.85. The first-order valence-corrected chi connectivity index (χ1v) is 9.74. The van der Waals surface area contributed by atoms with Crippen molar-refractivity contribution in [1.82, 2.24) is 5.32 Å². The van der Waals surface area contributed by atoms with Crippen molar-refractivity contribution in [2.24, 2.45) is 11.8 Å². The van der Waals surface area contributed by atoms with E-state index < -0.39 is 14.6 Å². The minimum Gasteiger partial charge on any atom is -0.381 e. The Morgan fingerprint density at radius 3 is 2.35 bits per heavy atom. The van der Waals surface area contributed by atoms with Gasteiger partial charge in [0.05, 0.1) is 4.75 Å². The van der Waals surface area contributed by atoms with Gasteiger partial charge in [-0.3, -0.25) is 0 Å². The third-order valence-corrected chi connectivity index (χ3v) is 7.63. The zero-order valence-electron chi connectivity index (χ0n) is 13.0. The van der Waals surface area contributed by atoms with Crippen LogP contribution in [0.15, 0.2) is 0 Å². The van der Waals surface area contributed by atoms with E-state index in [2.05, 4.69) is 19.2 Å². The van der Waals surface area contributed by atoms with Gasteiger partial charge >= 0.3 is 0 Å². The third-order valence-electron chi connectivity index (χ3n) is 5.50. The highest BCUT2D eigenvalue weighted by atomic mass is 32.2. The van der Waals surface area contributed by atoms with Gasteiger partial charge in [-0.25, -0.2) is 8.42 Å². The Bertz CT molecular complexity index is 415. The van der Waals surface area contributed by atoms with E-state index in [1.165, 1.54) is 19.1 Å². The van der Waals surface area contributed by atoms with Gasteiger partial charge in [0.15, 0.2) is 9.84 Å². The van der Waals surface area contributed by atoms with E-state index in [0.29, 0.717) is 38.6 Å². The summed E-state index contributed by atoms with van der Waals surface area (Å²) in [4.78, 5) is 0. The molecule has 2 rings (SSSR count). The molecule has 1 aliphatic heterocycles. The molecule has 5 heteroatoms. The summed E-state index contributed by atoms with van der Waals surface area (Å²) in [6, 6.07) is 0.475. The van der Waals surface area contributed by atoms with Gasteiger partial charge in [0, 0.05) is 32.1 Å². The zero-order chi connectivity index (χ0) is 14.8. The molecule has 2 fully saturated rings. The number of rotatable bonds is 4. The molecule has 0 amide bonds. The van der Waals surface area contributed by atoms with Gasteiger partial charge in [0.2, 0.25) is 0 Å². The number of ether oxygens (including phenoxy) is 1. The van der Waals surface area contributed by atoms with Crippen LogP contribution in [0, 0.1) is 11.8 Å². The average molecular weight is 303 g/mol. The summed E-state index contributed by atoms with van der Waals surface area (Å²) in [5.41, 5.74) is 0. The topological polar surface area (TPSA) is 55.4 Å². The fraction of sp³-hybridized carbons (Fsp3) is 1.00. The normalized spacial score (nSPS) is 34.9. The molecule has 4 nitrogen and oxygen atoms in total. The molecule has 0 bridgehead atoms. The molecule has 0 aromatic heterocycles. The molecule has 1 N–H and O–H groups in total. The summed E-state index contributed by atoms with van der Waals surface area (Å²) < 4.78 is 29.1. The van der Waals surface area contributed by atoms with E-state index in [9.17, 15) is 8.42 Å². The Morgan fingerprint density at radius 1 is 1.15 bits per heavy atom.